The number of hydrogen-bond donors (Lipinski definition) is 0. The number of aryl methyl sites for hydroxylation is 1. The number of hydrogen-bond acceptors (Lipinski definition) is 2. The van der Waals surface area contributed by atoms with E-state index in [2.05, 4.69) is 6.92 Å². The SMILES string of the molecule is CCCCCCOc1c(C)cccc1OC. The Morgan fingerprint density at radius 3 is 2.62 bits per heavy atom. The molecule has 0 aliphatic rings. The van der Waals surface area contributed by atoms with Crippen LogP contribution >= 0.6 is 0 Å². The topological polar surface area (TPSA) is 18.5 Å². The van der Waals surface area contributed by atoms with Gasteiger partial charge in [-0.15, -0.1) is 0 Å². The van der Waals surface area contributed by atoms with Crippen LogP contribution in [0, 0.1) is 6.92 Å². The Bertz CT molecular complexity index is 308. The molecule has 0 aromatic heterocycles. The normalized spacial score (nSPS) is 10.2. The lowest BCUT2D eigenvalue weighted by Crippen LogP contribution is -2.00. The zero-order chi connectivity index (χ0) is 11.8. The van der Waals surface area contributed by atoms with Crippen molar-refractivity contribution in [1.82, 2.24) is 0 Å². The summed E-state index contributed by atoms with van der Waals surface area (Å²) < 4.78 is 11.1. The molecule has 2 heteroatoms. The van der Waals surface area contributed by atoms with Gasteiger partial charge in [-0.2, -0.15) is 0 Å². The molecule has 0 amide bonds. The highest BCUT2D eigenvalue weighted by Gasteiger charge is 2.06. The first kappa shape index (κ1) is 12.9. The lowest BCUT2D eigenvalue weighted by molar-refractivity contribution is 0.283. The predicted octanol–water partition coefficient (Wildman–Crippen LogP) is 3.96. The lowest BCUT2D eigenvalue weighted by atomic mass is 10.2. The van der Waals surface area contributed by atoms with Crippen molar-refractivity contribution in [1.29, 1.82) is 0 Å². The van der Waals surface area contributed by atoms with E-state index in [9.17, 15) is 0 Å². The summed E-state index contributed by atoms with van der Waals surface area (Å²) in [5, 5.41) is 0. The molecule has 90 valence electrons. The monoisotopic (exact) mass is 222 g/mol. The van der Waals surface area contributed by atoms with Crippen molar-refractivity contribution in [2.75, 3.05) is 13.7 Å². The average Bonchev–Trinajstić information content (AvgIpc) is 2.30. The van der Waals surface area contributed by atoms with E-state index in [4.69, 9.17) is 9.47 Å². The minimum Gasteiger partial charge on any atom is -0.493 e. The maximum atomic E-state index is 5.78. The summed E-state index contributed by atoms with van der Waals surface area (Å²) in [6, 6.07) is 5.97. The van der Waals surface area contributed by atoms with Gasteiger partial charge in [0.1, 0.15) is 0 Å². The minimum absolute atomic E-state index is 0.779. The number of ether oxygens (including phenoxy) is 2. The van der Waals surface area contributed by atoms with Crippen LogP contribution in [0.5, 0.6) is 11.5 Å². The first-order valence-corrected chi connectivity index (χ1v) is 6.06. The molecule has 0 heterocycles. The zero-order valence-electron chi connectivity index (χ0n) is 10.6. The summed E-state index contributed by atoms with van der Waals surface area (Å²) in [5.41, 5.74) is 1.13. The minimum atomic E-state index is 0.779. The van der Waals surface area contributed by atoms with Crippen LogP contribution in [-0.4, -0.2) is 13.7 Å². The second-order valence-corrected chi connectivity index (χ2v) is 4.02. The zero-order valence-corrected chi connectivity index (χ0v) is 10.6. The van der Waals surface area contributed by atoms with Gasteiger partial charge in [0, 0.05) is 0 Å². The molecule has 0 unspecified atom stereocenters. The van der Waals surface area contributed by atoms with Crippen molar-refractivity contribution in [3.8, 4) is 11.5 Å². The second kappa shape index (κ2) is 7.15. The summed E-state index contributed by atoms with van der Waals surface area (Å²) in [6.45, 7) is 5.04. The molecule has 0 fully saturated rings. The van der Waals surface area contributed by atoms with Crippen molar-refractivity contribution < 1.29 is 9.47 Å². The van der Waals surface area contributed by atoms with E-state index < -0.39 is 0 Å². The van der Waals surface area contributed by atoms with Crippen LogP contribution < -0.4 is 9.47 Å². The Labute approximate surface area is 98.6 Å². The first-order chi connectivity index (χ1) is 7.79. The van der Waals surface area contributed by atoms with Gasteiger partial charge in [-0.05, 0) is 25.0 Å². The number of para-hydroxylation sites is 1. The van der Waals surface area contributed by atoms with Gasteiger partial charge in [0.15, 0.2) is 11.5 Å². The predicted molar refractivity (Wildman–Crippen MR) is 67.4 cm³/mol. The smallest absolute Gasteiger partial charge is 0.164 e. The van der Waals surface area contributed by atoms with Crippen LogP contribution in [0.15, 0.2) is 18.2 Å². The van der Waals surface area contributed by atoms with E-state index in [0.717, 1.165) is 30.1 Å². The van der Waals surface area contributed by atoms with Crippen LogP contribution in [0.3, 0.4) is 0 Å². The third-order valence-corrected chi connectivity index (χ3v) is 2.64. The highest BCUT2D eigenvalue weighted by atomic mass is 16.5. The molecule has 0 N–H and O–H groups in total. The van der Waals surface area contributed by atoms with Crippen molar-refractivity contribution >= 4 is 0 Å². The van der Waals surface area contributed by atoms with Crippen LogP contribution in [0.2, 0.25) is 0 Å². The van der Waals surface area contributed by atoms with Crippen molar-refractivity contribution in [2.45, 2.75) is 39.5 Å². The molecule has 0 aliphatic heterocycles. The molecular formula is C14H22O2. The second-order valence-electron chi connectivity index (χ2n) is 4.02. The van der Waals surface area contributed by atoms with Crippen molar-refractivity contribution in [3.63, 3.8) is 0 Å². The number of benzene rings is 1. The Hall–Kier alpha value is -1.18. The van der Waals surface area contributed by atoms with E-state index in [1.54, 1.807) is 7.11 Å². The highest BCUT2D eigenvalue weighted by molar-refractivity contribution is 5.45. The molecule has 0 radical (unpaired) electrons. The molecule has 0 saturated heterocycles. The fourth-order valence-corrected chi connectivity index (χ4v) is 1.67. The molecule has 0 aliphatic carbocycles. The van der Waals surface area contributed by atoms with E-state index >= 15 is 0 Å². The third kappa shape index (κ3) is 3.76. The molecule has 0 spiro atoms. The Morgan fingerprint density at radius 1 is 1.12 bits per heavy atom. The molecule has 1 rings (SSSR count). The maximum Gasteiger partial charge on any atom is 0.164 e. The van der Waals surface area contributed by atoms with E-state index in [1.165, 1.54) is 19.3 Å². The van der Waals surface area contributed by atoms with Gasteiger partial charge in [0.05, 0.1) is 13.7 Å². The molecule has 0 atom stereocenters. The maximum absolute atomic E-state index is 5.78. The van der Waals surface area contributed by atoms with Crippen molar-refractivity contribution in [2.24, 2.45) is 0 Å². The van der Waals surface area contributed by atoms with Gasteiger partial charge in [0.2, 0.25) is 0 Å². The molecular weight excluding hydrogens is 200 g/mol. The molecule has 1 aromatic carbocycles. The Balaban J connectivity index is 2.46. The lowest BCUT2D eigenvalue weighted by Gasteiger charge is -2.12. The molecule has 2 nitrogen and oxygen atoms in total. The fourth-order valence-electron chi connectivity index (χ4n) is 1.67. The van der Waals surface area contributed by atoms with Crippen LogP contribution in [-0.2, 0) is 0 Å². The number of rotatable bonds is 7. The number of unbranched alkanes of at least 4 members (excludes halogenated alkanes) is 3. The molecule has 1 aromatic rings. The quantitative estimate of drug-likeness (QED) is 0.650. The van der Waals surface area contributed by atoms with Gasteiger partial charge >= 0.3 is 0 Å². The highest BCUT2D eigenvalue weighted by Crippen LogP contribution is 2.30. The third-order valence-electron chi connectivity index (χ3n) is 2.64. The van der Waals surface area contributed by atoms with Crippen molar-refractivity contribution in [3.05, 3.63) is 23.8 Å². The van der Waals surface area contributed by atoms with Gasteiger partial charge in [-0.1, -0.05) is 38.3 Å². The summed E-state index contributed by atoms with van der Waals surface area (Å²) in [7, 11) is 1.68. The summed E-state index contributed by atoms with van der Waals surface area (Å²) in [6.07, 6.45) is 4.90. The summed E-state index contributed by atoms with van der Waals surface area (Å²) >= 11 is 0. The largest absolute Gasteiger partial charge is 0.493 e. The van der Waals surface area contributed by atoms with Crippen LogP contribution in [0.1, 0.15) is 38.2 Å². The van der Waals surface area contributed by atoms with Crippen LogP contribution in [0.4, 0.5) is 0 Å². The molecule has 0 saturated carbocycles. The molecule has 0 bridgehead atoms. The Morgan fingerprint density at radius 2 is 1.94 bits per heavy atom. The molecule has 16 heavy (non-hydrogen) atoms. The van der Waals surface area contributed by atoms with E-state index in [1.807, 2.05) is 25.1 Å². The van der Waals surface area contributed by atoms with Crippen LogP contribution in [0.25, 0.3) is 0 Å². The fraction of sp³-hybridized carbons (Fsp3) is 0.571. The number of methoxy groups -OCH3 is 1. The average molecular weight is 222 g/mol. The van der Waals surface area contributed by atoms with Gasteiger partial charge in [0.25, 0.3) is 0 Å². The standard InChI is InChI=1S/C14H22O2/c1-4-5-6-7-11-16-14-12(2)9-8-10-13(14)15-3/h8-10H,4-7,11H2,1-3H3. The van der Waals surface area contributed by atoms with E-state index in [-0.39, 0.29) is 0 Å². The Kier molecular flexibility index (Phi) is 5.76. The van der Waals surface area contributed by atoms with Gasteiger partial charge in [-0.3, -0.25) is 0 Å². The summed E-state index contributed by atoms with van der Waals surface area (Å²) in [5.74, 6) is 1.72. The summed E-state index contributed by atoms with van der Waals surface area (Å²) in [4.78, 5) is 0. The van der Waals surface area contributed by atoms with Gasteiger partial charge < -0.3 is 9.47 Å². The first-order valence-electron chi connectivity index (χ1n) is 6.06. The van der Waals surface area contributed by atoms with E-state index in [0.29, 0.717) is 0 Å². The van der Waals surface area contributed by atoms with Gasteiger partial charge in [-0.25, -0.2) is 0 Å².